The Morgan fingerprint density at radius 1 is 1.26 bits per heavy atom. The van der Waals surface area contributed by atoms with E-state index in [1.807, 2.05) is 0 Å². The van der Waals surface area contributed by atoms with Crippen LogP contribution in [0.25, 0.3) is 5.69 Å². The fourth-order valence-corrected chi connectivity index (χ4v) is 3.28. The lowest BCUT2D eigenvalue weighted by atomic mass is 9.99. The average molecular weight is 384 g/mol. The maximum atomic E-state index is 12.9. The number of aliphatic hydroxyl groups excluding tert-OH is 1. The molecule has 2 heterocycles. The number of aliphatic hydroxyl groups is 1. The number of anilines is 1. The molecule has 1 aliphatic rings. The summed E-state index contributed by atoms with van der Waals surface area (Å²) in [4.78, 5) is 14.3. The molecule has 3 rings (SSSR count). The van der Waals surface area contributed by atoms with Crippen LogP contribution >= 0.6 is 0 Å². The van der Waals surface area contributed by atoms with Crippen molar-refractivity contribution in [2.24, 2.45) is 0 Å². The predicted octanol–water partition coefficient (Wildman–Crippen LogP) is 2.73. The highest BCUT2D eigenvalue weighted by Crippen LogP contribution is 2.31. The third-order valence-electron chi connectivity index (χ3n) is 4.56. The molecular formula is C17H19F3N4O3. The number of carboxylic acids is 1. The summed E-state index contributed by atoms with van der Waals surface area (Å²) < 4.78 is 38.8. The van der Waals surface area contributed by atoms with Crippen LogP contribution in [0.2, 0.25) is 0 Å². The summed E-state index contributed by atoms with van der Waals surface area (Å²) in [6.45, 7) is 0.498. The Balaban J connectivity index is 2.02. The first kappa shape index (κ1) is 19.2. The fraction of sp³-hybridized carbons (Fsp3) is 0.471. The Kier molecular flexibility index (Phi) is 5.36. The Hall–Kier alpha value is -2.62. The summed E-state index contributed by atoms with van der Waals surface area (Å²) in [5.41, 5.74) is -1.17. The van der Waals surface area contributed by atoms with E-state index < -0.39 is 17.7 Å². The second kappa shape index (κ2) is 7.55. The smallest absolute Gasteiger partial charge is 0.416 e. The summed E-state index contributed by atoms with van der Waals surface area (Å²) in [5, 5.41) is 26.8. The van der Waals surface area contributed by atoms with Gasteiger partial charge in [-0.15, -0.1) is 15.0 Å². The van der Waals surface area contributed by atoms with Crippen LogP contribution in [0.5, 0.6) is 0 Å². The van der Waals surface area contributed by atoms with Gasteiger partial charge in [0.05, 0.1) is 11.3 Å². The Morgan fingerprint density at radius 3 is 2.70 bits per heavy atom. The van der Waals surface area contributed by atoms with Crippen LogP contribution in [0.4, 0.5) is 19.0 Å². The number of aromatic carboxylic acids is 1. The molecule has 0 saturated carbocycles. The molecule has 0 amide bonds. The zero-order valence-electron chi connectivity index (χ0n) is 14.4. The highest BCUT2D eigenvalue weighted by molar-refractivity contribution is 5.91. The first-order chi connectivity index (χ1) is 12.8. The second-order valence-electron chi connectivity index (χ2n) is 6.37. The van der Waals surface area contributed by atoms with E-state index >= 15 is 0 Å². The Labute approximate surface area is 153 Å². The van der Waals surface area contributed by atoms with Crippen LogP contribution < -0.4 is 4.90 Å². The van der Waals surface area contributed by atoms with E-state index in [2.05, 4.69) is 10.2 Å². The number of piperidine rings is 1. The first-order valence-electron chi connectivity index (χ1n) is 8.57. The van der Waals surface area contributed by atoms with Gasteiger partial charge in [0.15, 0.2) is 5.82 Å². The molecule has 2 aromatic rings. The van der Waals surface area contributed by atoms with Gasteiger partial charge < -0.3 is 15.1 Å². The number of hydrogen-bond donors (Lipinski definition) is 2. The topological polar surface area (TPSA) is 91.5 Å². The van der Waals surface area contributed by atoms with Gasteiger partial charge in [0.25, 0.3) is 0 Å². The van der Waals surface area contributed by atoms with E-state index in [0.29, 0.717) is 13.0 Å². The van der Waals surface area contributed by atoms with Crippen LogP contribution in [0.1, 0.15) is 41.7 Å². The third-order valence-corrected chi connectivity index (χ3v) is 4.56. The molecule has 1 aliphatic heterocycles. The van der Waals surface area contributed by atoms with Gasteiger partial charge in [-0.2, -0.15) is 13.2 Å². The molecule has 27 heavy (non-hydrogen) atoms. The van der Waals surface area contributed by atoms with E-state index in [-0.39, 0.29) is 29.8 Å². The molecule has 0 spiro atoms. The number of alkyl halides is 3. The summed E-state index contributed by atoms with van der Waals surface area (Å²) in [5.74, 6) is -1.20. The van der Waals surface area contributed by atoms with Crippen molar-refractivity contribution in [3.05, 3.63) is 35.5 Å². The van der Waals surface area contributed by atoms with Gasteiger partial charge in [-0.1, -0.05) is 6.07 Å². The number of carboxylic acid groups (broad SMARTS) is 1. The van der Waals surface area contributed by atoms with Crippen molar-refractivity contribution in [3.63, 3.8) is 0 Å². The third kappa shape index (κ3) is 4.05. The molecule has 1 aromatic heterocycles. The Bertz CT molecular complexity index is 820. The minimum Gasteiger partial charge on any atom is -0.476 e. The number of nitrogens with zero attached hydrogens (tertiary/aromatic N) is 4. The summed E-state index contributed by atoms with van der Waals surface area (Å²) in [6, 6.07) is 4.31. The number of hydrogen-bond acceptors (Lipinski definition) is 5. The van der Waals surface area contributed by atoms with Crippen LogP contribution in [0.3, 0.4) is 0 Å². The van der Waals surface area contributed by atoms with E-state index in [4.69, 9.17) is 0 Å². The van der Waals surface area contributed by atoms with Gasteiger partial charge in [0, 0.05) is 19.2 Å². The van der Waals surface area contributed by atoms with E-state index in [0.717, 1.165) is 36.2 Å². The van der Waals surface area contributed by atoms with Gasteiger partial charge >= 0.3 is 12.1 Å². The maximum Gasteiger partial charge on any atom is 0.416 e. The van der Waals surface area contributed by atoms with Crippen molar-refractivity contribution in [3.8, 4) is 5.69 Å². The molecule has 7 nitrogen and oxygen atoms in total. The lowest BCUT2D eigenvalue weighted by molar-refractivity contribution is -0.137. The molecule has 2 N–H and O–H groups in total. The first-order valence-corrected chi connectivity index (χ1v) is 8.57. The molecule has 1 unspecified atom stereocenters. The van der Waals surface area contributed by atoms with Crippen molar-refractivity contribution >= 4 is 11.8 Å². The van der Waals surface area contributed by atoms with Gasteiger partial charge in [0.1, 0.15) is 0 Å². The SMILES string of the molecule is O=C(O)c1nn(-c2cccc(C(F)(F)F)c2)nc1N1CCCCC1CCO. The van der Waals surface area contributed by atoms with Gasteiger partial charge in [-0.25, -0.2) is 4.79 Å². The number of rotatable bonds is 5. The Morgan fingerprint density at radius 2 is 2.04 bits per heavy atom. The maximum absolute atomic E-state index is 12.9. The number of benzene rings is 1. The van der Waals surface area contributed by atoms with Crippen molar-refractivity contribution in [1.29, 1.82) is 0 Å². The molecule has 10 heteroatoms. The number of aromatic nitrogens is 3. The highest BCUT2D eigenvalue weighted by Gasteiger charge is 2.32. The normalized spacial score (nSPS) is 17.9. The van der Waals surface area contributed by atoms with Crippen LogP contribution in [-0.2, 0) is 6.18 Å². The monoisotopic (exact) mass is 384 g/mol. The molecule has 1 fully saturated rings. The molecule has 1 atom stereocenters. The lowest BCUT2D eigenvalue weighted by Crippen LogP contribution is -2.41. The van der Waals surface area contributed by atoms with Crippen molar-refractivity contribution in [2.75, 3.05) is 18.1 Å². The summed E-state index contributed by atoms with van der Waals surface area (Å²) in [6.07, 6.45) is -1.52. The van der Waals surface area contributed by atoms with Crippen LogP contribution in [-0.4, -0.2) is 50.4 Å². The minimum atomic E-state index is -4.53. The number of carbonyl (C=O) groups is 1. The summed E-state index contributed by atoms with van der Waals surface area (Å²) in [7, 11) is 0. The fourth-order valence-electron chi connectivity index (χ4n) is 3.28. The van der Waals surface area contributed by atoms with Crippen molar-refractivity contribution in [2.45, 2.75) is 37.9 Å². The highest BCUT2D eigenvalue weighted by atomic mass is 19.4. The molecule has 1 saturated heterocycles. The molecule has 146 valence electrons. The zero-order valence-corrected chi connectivity index (χ0v) is 14.4. The standard InChI is InChI=1S/C17H19F3N4O3/c18-17(19,20)11-4-3-6-13(10-11)24-21-14(16(26)27)15(22-24)23-8-2-1-5-12(23)7-9-25/h3-4,6,10,12,25H,1-2,5,7-9H2,(H,26,27). The lowest BCUT2D eigenvalue weighted by Gasteiger charge is -2.35. The average Bonchev–Trinajstić information content (AvgIpc) is 3.07. The molecule has 0 aliphatic carbocycles. The van der Waals surface area contributed by atoms with Crippen LogP contribution in [0.15, 0.2) is 24.3 Å². The van der Waals surface area contributed by atoms with Crippen molar-refractivity contribution in [1.82, 2.24) is 15.0 Å². The van der Waals surface area contributed by atoms with Crippen molar-refractivity contribution < 1.29 is 28.2 Å². The van der Waals surface area contributed by atoms with Gasteiger partial charge in [-0.05, 0) is 43.9 Å². The molecular weight excluding hydrogens is 365 g/mol. The second-order valence-corrected chi connectivity index (χ2v) is 6.37. The van der Waals surface area contributed by atoms with E-state index in [9.17, 15) is 28.2 Å². The van der Waals surface area contributed by atoms with E-state index in [1.54, 1.807) is 4.90 Å². The largest absolute Gasteiger partial charge is 0.476 e. The minimum absolute atomic E-state index is 0.0225. The quantitative estimate of drug-likeness (QED) is 0.824. The number of halogens is 3. The zero-order chi connectivity index (χ0) is 19.6. The predicted molar refractivity (Wildman–Crippen MR) is 90.0 cm³/mol. The molecule has 0 bridgehead atoms. The van der Waals surface area contributed by atoms with Crippen LogP contribution in [0, 0.1) is 0 Å². The van der Waals surface area contributed by atoms with Gasteiger partial charge in [0.2, 0.25) is 5.69 Å². The summed E-state index contributed by atoms with van der Waals surface area (Å²) >= 11 is 0. The van der Waals surface area contributed by atoms with Gasteiger partial charge in [-0.3, -0.25) is 0 Å². The van der Waals surface area contributed by atoms with E-state index in [1.165, 1.54) is 12.1 Å². The molecule has 1 aromatic carbocycles. The molecule has 0 radical (unpaired) electrons.